The van der Waals surface area contributed by atoms with Gasteiger partial charge in [-0.1, -0.05) is 0 Å². The second kappa shape index (κ2) is 5.39. The minimum atomic E-state index is -0.286. The Morgan fingerprint density at radius 2 is 1.73 bits per heavy atom. The predicted molar refractivity (Wildman–Crippen MR) is 61.3 cm³/mol. The van der Waals surface area contributed by atoms with Crippen molar-refractivity contribution in [3.8, 4) is 5.75 Å². The molecule has 1 rings (SSSR count). The smallest absolute Gasteiger partial charge is 0.308 e. The van der Waals surface area contributed by atoms with E-state index in [0.717, 1.165) is 18.8 Å². The van der Waals surface area contributed by atoms with E-state index < -0.39 is 0 Å². The third-order valence-corrected chi connectivity index (χ3v) is 2.23. The Morgan fingerprint density at radius 1 is 1.20 bits per heavy atom. The number of esters is 1. The van der Waals surface area contributed by atoms with Crippen LogP contribution in [0.3, 0.4) is 0 Å². The quantitative estimate of drug-likeness (QED) is 0.561. The van der Waals surface area contributed by atoms with Crippen molar-refractivity contribution in [3.05, 3.63) is 24.3 Å². The first-order chi connectivity index (χ1) is 7.17. The Labute approximate surface area is 90.7 Å². The second-order valence-electron chi connectivity index (χ2n) is 3.26. The number of carbonyl (C=O) groups excluding carboxylic acids is 1. The highest BCUT2D eigenvalue weighted by Crippen LogP contribution is 2.19. The Hall–Kier alpha value is -1.51. The maximum Gasteiger partial charge on any atom is 0.308 e. The summed E-state index contributed by atoms with van der Waals surface area (Å²) in [6.45, 7) is 7.58. The van der Waals surface area contributed by atoms with E-state index in [0.29, 0.717) is 5.75 Å². The molecule has 0 radical (unpaired) electrons. The lowest BCUT2D eigenvalue weighted by atomic mass is 10.2. The van der Waals surface area contributed by atoms with Gasteiger partial charge >= 0.3 is 5.97 Å². The van der Waals surface area contributed by atoms with Gasteiger partial charge in [-0.2, -0.15) is 0 Å². The van der Waals surface area contributed by atoms with Crippen LogP contribution in [0.5, 0.6) is 5.75 Å². The minimum Gasteiger partial charge on any atom is -0.427 e. The van der Waals surface area contributed by atoms with Crippen molar-refractivity contribution >= 4 is 11.7 Å². The molecule has 0 heterocycles. The molecule has 0 aliphatic rings. The van der Waals surface area contributed by atoms with Gasteiger partial charge in [0.05, 0.1) is 0 Å². The summed E-state index contributed by atoms with van der Waals surface area (Å²) in [6.07, 6.45) is 0. The molecule has 0 aliphatic heterocycles. The lowest BCUT2D eigenvalue weighted by molar-refractivity contribution is -0.131. The summed E-state index contributed by atoms with van der Waals surface area (Å²) in [5, 5.41) is 0. The number of rotatable bonds is 4. The molecule has 0 amide bonds. The first kappa shape index (κ1) is 11.6. The summed E-state index contributed by atoms with van der Waals surface area (Å²) in [5.41, 5.74) is 1.15. The normalized spacial score (nSPS) is 9.80. The maximum atomic E-state index is 10.7. The number of nitrogens with zero attached hydrogens (tertiary/aromatic N) is 1. The SMILES string of the molecule is CCN(CC)c1ccc(OC(C)=O)cc1. The number of ether oxygens (including phenoxy) is 1. The molecule has 0 aromatic heterocycles. The van der Waals surface area contributed by atoms with Crippen molar-refractivity contribution < 1.29 is 9.53 Å². The number of hydrogen-bond donors (Lipinski definition) is 0. The van der Waals surface area contributed by atoms with E-state index in [-0.39, 0.29) is 5.97 Å². The second-order valence-corrected chi connectivity index (χ2v) is 3.26. The van der Waals surface area contributed by atoms with Gasteiger partial charge in [0.15, 0.2) is 0 Å². The highest BCUT2D eigenvalue weighted by atomic mass is 16.5. The van der Waals surface area contributed by atoms with Crippen LogP contribution in [-0.4, -0.2) is 19.1 Å². The van der Waals surface area contributed by atoms with Gasteiger partial charge in [-0.25, -0.2) is 0 Å². The monoisotopic (exact) mass is 207 g/mol. The number of hydrogen-bond acceptors (Lipinski definition) is 3. The molecule has 0 N–H and O–H groups in total. The van der Waals surface area contributed by atoms with Crippen LogP contribution in [0.25, 0.3) is 0 Å². The molecule has 3 heteroatoms. The molecule has 0 saturated carbocycles. The van der Waals surface area contributed by atoms with Gasteiger partial charge in [-0.15, -0.1) is 0 Å². The van der Waals surface area contributed by atoms with Gasteiger partial charge in [0.1, 0.15) is 5.75 Å². The van der Waals surface area contributed by atoms with Gasteiger partial charge in [-0.05, 0) is 38.1 Å². The fraction of sp³-hybridized carbons (Fsp3) is 0.417. The molecular weight excluding hydrogens is 190 g/mol. The third-order valence-electron chi connectivity index (χ3n) is 2.23. The van der Waals surface area contributed by atoms with Crippen molar-refractivity contribution in [2.75, 3.05) is 18.0 Å². The topological polar surface area (TPSA) is 29.5 Å². The summed E-state index contributed by atoms with van der Waals surface area (Å²) in [7, 11) is 0. The van der Waals surface area contributed by atoms with Crippen LogP contribution < -0.4 is 9.64 Å². The Kier molecular flexibility index (Phi) is 4.16. The van der Waals surface area contributed by atoms with Crippen LogP contribution >= 0.6 is 0 Å². The van der Waals surface area contributed by atoms with Gasteiger partial charge in [0.2, 0.25) is 0 Å². The lowest BCUT2D eigenvalue weighted by Gasteiger charge is -2.20. The van der Waals surface area contributed by atoms with E-state index in [2.05, 4.69) is 18.7 Å². The first-order valence-corrected chi connectivity index (χ1v) is 5.20. The average Bonchev–Trinajstić information content (AvgIpc) is 2.21. The molecule has 3 nitrogen and oxygen atoms in total. The highest BCUT2D eigenvalue weighted by molar-refractivity contribution is 5.69. The van der Waals surface area contributed by atoms with Gasteiger partial charge in [0, 0.05) is 25.7 Å². The zero-order valence-electron chi connectivity index (χ0n) is 9.49. The van der Waals surface area contributed by atoms with E-state index in [1.165, 1.54) is 6.92 Å². The van der Waals surface area contributed by atoms with E-state index in [1.54, 1.807) is 0 Å². The molecular formula is C12H17NO2. The standard InChI is InChI=1S/C12H17NO2/c1-4-13(5-2)11-6-8-12(9-7-11)15-10(3)14/h6-9H,4-5H2,1-3H3. The molecule has 1 aromatic rings. The number of benzene rings is 1. The largest absolute Gasteiger partial charge is 0.427 e. The minimum absolute atomic E-state index is 0.286. The molecule has 82 valence electrons. The summed E-state index contributed by atoms with van der Waals surface area (Å²) in [4.78, 5) is 12.9. The van der Waals surface area contributed by atoms with Gasteiger partial charge in [-0.3, -0.25) is 4.79 Å². The average molecular weight is 207 g/mol. The Morgan fingerprint density at radius 3 is 2.13 bits per heavy atom. The predicted octanol–water partition coefficient (Wildman–Crippen LogP) is 2.46. The highest BCUT2D eigenvalue weighted by Gasteiger charge is 2.02. The molecule has 1 aromatic carbocycles. The lowest BCUT2D eigenvalue weighted by Crippen LogP contribution is -2.21. The molecule has 0 saturated heterocycles. The Balaban J connectivity index is 2.75. The maximum absolute atomic E-state index is 10.7. The van der Waals surface area contributed by atoms with Crippen molar-refractivity contribution in [3.63, 3.8) is 0 Å². The summed E-state index contributed by atoms with van der Waals surface area (Å²) in [6, 6.07) is 7.56. The summed E-state index contributed by atoms with van der Waals surface area (Å²) in [5.74, 6) is 0.309. The fourth-order valence-corrected chi connectivity index (χ4v) is 1.48. The summed E-state index contributed by atoms with van der Waals surface area (Å²) < 4.78 is 4.96. The zero-order valence-corrected chi connectivity index (χ0v) is 9.49. The van der Waals surface area contributed by atoms with E-state index in [4.69, 9.17) is 4.74 Å². The molecule has 0 aliphatic carbocycles. The molecule has 0 spiro atoms. The zero-order chi connectivity index (χ0) is 11.3. The van der Waals surface area contributed by atoms with Crippen molar-refractivity contribution in [2.24, 2.45) is 0 Å². The summed E-state index contributed by atoms with van der Waals surface area (Å²) >= 11 is 0. The van der Waals surface area contributed by atoms with E-state index >= 15 is 0 Å². The van der Waals surface area contributed by atoms with Crippen molar-refractivity contribution in [1.29, 1.82) is 0 Å². The Bertz CT molecular complexity index is 315. The van der Waals surface area contributed by atoms with Crippen LogP contribution in [0.2, 0.25) is 0 Å². The van der Waals surface area contributed by atoms with Gasteiger partial charge in [0.25, 0.3) is 0 Å². The number of carbonyl (C=O) groups is 1. The van der Waals surface area contributed by atoms with E-state index in [1.807, 2.05) is 24.3 Å². The van der Waals surface area contributed by atoms with Crippen molar-refractivity contribution in [2.45, 2.75) is 20.8 Å². The van der Waals surface area contributed by atoms with Gasteiger partial charge < -0.3 is 9.64 Å². The fourth-order valence-electron chi connectivity index (χ4n) is 1.48. The molecule has 0 fully saturated rings. The van der Waals surface area contributed by atoms with Crippen LogP contribution in [0.1, 0.15) is 20.8 Å². The number of anilines is 1. The van der Waals surface area contributed by atoms with Crippen molar-refractivity contribution in [1.82, 2.24) is 0 Å². The molecule has 0 atom stereocenters. The van der Waals surface area contributed by atoms with Crippen LogP contribution in [0.15, 0.2) is 24.3 Å². The third kappa shape index (κ3) is 3.27. The molecule has 0 unspecified atom stereocenters. The van der Waals surface area contributed by atoms with Crippen LogP contribution in [0.4, 0.5) is 5.69 Å². The van der Waals surface area contributed by atoms with Crippen LogP contribution in [-0.2, 0) is 4.79 Å². The van der Waals surface area contributed by atoms with Crippen LogP contribution in [0, 0.1) is 0 Å². The molecule has 0 bridgehead atoms. The van der Waals surface area contributed by atoms with E-state index in [9.17, 15) is 4.79 Å². The molecule has 15 heavy (non-hydrogen) atoms. The first-order valence-electron chi connectivity index (χ1n) is 5.20.